The normalized spacial score (nSPS) is 12.3. The molecule has 0 amide bonds. The van der Waals surface area contributed by atoms with Gasteiger partial charge in [-0.05, 0) is 58.9 Å². The summed E-state index contributed by atoms with van der Waals surface area (Å²) in [5.41, 5.74) is 1.67. The summed E-state index contributed by atoms with van der Waals surface area (Å²) < 4.78 is 5.32. The quantitative estimate of drug-likeness (QED) is 0.427. The van der Waals surface area contributed by atoms with Crippen LogP contribution in [0.2, 0.25) is 0 Å². The zero-order chi connectivity index (χ0) is 15.0. The summed E-state index contributed by atoms with van der Waals surface area (Å²) in [5, 5.41) is 0. The van der Waals surface area contributed by atoms with E-state index in [2.05, 4.69) is 24.3 Å². The Morgan fingerprint density at radius 2 is 1.80 bits per heavy atom. The summed E-state index contributed by atoms with van der Waals surface area (Å²) in [6.45, 7) is 7.49. The number of hydrogen-bond acceptors (Lipinski definition) is 2. The van der Waals surface area contributed by atoms with Crippen molar-refractivity contribution in [1.82, 2.24) is 0 Å². The number of aryl methyl sites for hydroxylation is 1. The number of hydrogen-bond donors (Lipinski definition) is 0. The van der Waals surface area contributed by atoms with Crippen LogP contribution in [0, 0.1) is 0 Å². The summed E-state index contributed by atoms with van der Waals surface area (Å²) in [7, 11) is 0. The van der Waals surface area contributed by atoms with Gasteiger partial charge in [0.25, 0.3) is 0 Å². The minimum absolute atomic E-state index is 0.208. The predicted molar refractivity (Wildman–Crippen MR) is 83.6 cm³/mol. The van der Waals surface area contributed by atoms with Crippen molar-refractivity contribution in [3.05, 3.63) is 47.5 Å². The van der Waals surface area contributed by atoms with Crippen LogP contribution in [0.4, 0.5) is 0 Å². The molecule has 0 heterocycles. The number of ether oxygens (including phenoxy) is 1. The number of allylic oxidation sites excluding steroid dienone is 1. The zero-order valence-electron chi connectivity index (χ0n) is 13.1. The first-order valence-electron chi connectivity index (χ1n) is 7.32. The molecule has 1 rings (SSSR count). The van der Waals surface area contributed by atoms with E-state index in [4.69, 9.17) is 4.74 Å². The molecule has 0 N–H and O–H groups in total. The fourth-order valence-corrected chi connectivity index (χ4v) is 1.88. The highest BCUT2D eigenvalue weighted by Gasteiger charge is 2.16. The third kappa shape index (κ3) is 7.13. The molecule has 0 bridgehead atoms. The number of carbonyl (C=O) groups is 1. The molecule has 0 aromatic heterocycles. The SMILES string of the molecule is C/C(=C\CCCCc1ccccc1)C(=O)OC(C)(C)C. The molecule has 1 aromatic rings. The van der Waals surface area contributed by atoms with Crippen molar-refractivity contribution in [1.29, 1.82) is 0 Å². The molecule has 1 aromatic carbocycles. The maximum absolute atomic E-state index is 11.8. The Morgan fingerprint density at radius 3 is 2.40 bits per heavy atom. The van der Waals surface area contributed by atoms with E-state index >= 15 is 0 Å². The van der Waals surface area contributed by atoms with E-state index in [0.717, 1.165) is 25.7 Å². The molecule has 110 valence electrons. The van der Waals surface area contributed by atoms with Crippen molar-refractivity contribution in [3.63, 3.8) is 0 Å². The van der Waals surface area contributed by atoms with E-state index in [1.165, 1.54) is 5.56 Å². The van der Waals surface area contributed by atoms with Crippen molar-refractivity contribution in [2.75, 3.05) is 0 Å². The highest BCUT2D eigenvalue weighted by Crippen LogP contribution is 2.12. The Balaban J connectivity index is 2.25. The maximum Gasteiger partial charge on any atom is 0.333 e. The molecule has 0 aliphatic rings. The van der Waals surface area contributed by atoms with E-state index < -0.39 is 5.60 Å². The number of unbranched alkanes of at least 4 members (excludes halogenated alkanes) is 2. The van der Waals surface area contributed by atoms with Crippen molar-refractivity contribution in [2.24, 2.45) is 0 Å². The average Bonchev–Trinajstić information content (AvgIpc) is 2.37. The lowest BCUT2D eigenvalue weighted by atomic mass is 10.1. The van der Waals surface area contributed by atoms with Crippen molar-refractivity contribution in [2.45, 2.75) is 59.0 Å². The van der Waals surface area contributed by atoms with E-state index in [9.17, 15) is 4.79 Å². The Morgan fingerprint density at radius 1 is 1.15 bits per heavy atom. The molecule has 0 unspecified atom stereocenters. The Kier molecular flexibility index (Phi) is 6.50. The molecular formula is C18H26O2. The summed E-state index contributed by atoms with van der Waals surface area (Å²) in [5.74, 6) is -0.208. The van der Waals surface area contributed by atoms with Gasteiger partial charge in [0.05, 0.1) is 0 Å². The van der Waals surface area contributed by atoms with Gasteiger partial charge in [-0.25, -0.2) is 4.79 Å². The second-order valence-corrected chi connectivity index (χ2v) is 6.12. The summed E-state index contributed by atoms with van der Waals surface area (Å²) >= 11 is 0. The first-order valence-corrected chi connectivity index (χ1v) is 7.32. The van der Waals surface area contributed by atoms with Crippen LogP contribution in [0.5, 0.6) is 0 Å². The Labute approximate surface area is 122 Å². The molecular weight excluding hydrogens is 248 g/mol. The molecule has 0 spiro atoms. The lowest BCUT2D eigenvalue weighted by molar-refractivity contribution is -0.149. The van der Waals surface area contributed by atoms with Crippen molar-refractivity contribution < 1.29 is 9.53 Å². The lowest BCUT2D eigenvalue weighted by Gasteiger charge is -2.19. The highest BCUT2D eigenvalue weighted by molar-refractivity contribution is 5.87. The van der Waals surface area contributed by atoms with E-state index in [1.807, 2.05) is 39.8 Å². The van der Waals surface area contributed by atoms with Crippen LogP contribution in [0.25, 0.3) is 0 Å². The predicted octanol–water partition coefficient (Wildman–Crippen LogP) is 4.69. The van der Waals surface area contributed by atoms with Gasteiger partial charge in [0.2, 0.25) is 0 Å². The number of benzene rings is 1. The van der Waals surface area contributed by atoms with Gasteiger partial charge in [0, 0.05) is 5.57 Å². The largest absolute Gasteiger partial charge is 0.457 e. The van der Waals surface area contributed by atoms with Crippen LogP contribution in [0.1, 0.15) is 52.5 Å². The second kappa shape index (κ2) is 7.88. The van der Waals surface area contributed by atoms with Crippen molar-refractivity contribution in [3.8, 4) is 0 Å². The molecule has 0 saturated heterocycles. The third-order valence-corrected chi connectivity index (χ3v) is 2.93. The van der Waals surface area contributed by atoms with Crippen LogP contribution in [0.3, 0.4) is 0 Å². The van der Waals surface area contributed by atoms with Gasteiger partial charge in [0.1, 0.15) is 5.60 Å². The van der Waals surface area contributed by atoms with E-state index in [0.29, 0.717) is 5.57 Å². The maximum atomic E-state index is 11.8. The molecule has 0 radical (unpaired) electrons. The Bertz CT molecular complexity index is 438. The minimum atomic E-state index is -0.417. The zero-order valence-corrected chi connectivity index (χ0v) is 13.1. The number of carbonyl (C=O) groups excluding carboxylic acids is 1. The molecule has 0 atom stereocenters. The fraction of sp³-hybridized carbons (Fsp3) is 0.500. The fourth-order valence-electron chi connectivity index (χ4n) is 1.88. The monoisotopic (exact) mass is 274 g/mol. The van der Waals surface area contributed by atoms with Gasteiger partial charge >= 0.3 is 5.97 Å². The van der Waals surface area contributed by atoms with Gasteiger partial charge in [-0.15, -0.1) is 0 Å². The van der Waals surface area contributed by atoms with Gasteiger partial charge in [-0.3, -0.25) is 0 Å². The summed E-state index contributed by atoms with van der Waals surface area (Å²) in [4.78, 5) is 11.8. The molecule has 0 aliphatic heterocycles. The van der Waals surface area contributed by atoms with Gasteiger partial charge < -0.3 is 4.74 Å². The van der Waals surface area contributed by atoms with Gasteiger partial charge in [-0.1, -0.05) is 36.4 Å². The molecule has 2 heteroatoms. The molecule has 0 fully saturated rings. The number of rotatable bonds is 6. The highest BCUT2D eigenvalue weighted by atomic mass is 16.6. The summed E-state index contributed by atoms with van der Waals surface area (Å²) in [6.07, 6.45) is 6.24. The third-order valence-electron chi connectivity index (χ3n) is 2.93. The number of esters is 1. The van der Waals surface area contributed by atoms with Crippen LogP contribution in [0.15, 0.2) is 42.0 Å². The standard InChI is InChI=1S/C18H26O2/c1-15(17(19)20-18(2,3)4)11-7-5-8-12-16-13-9-6-10-14-16/h6,9-11,13-14H,5,7-8,12H2,1-4H3/b15-11+. The first-order chi connectivity index (χ1) is 9.38. The van der Waals surface area contributed by atoms with Crippen LogP contribution >= 0.6 is 0 Å². The molecule has 0 aliphatic carbocycles. The van der Waals surface area contributed by atoms with E-state index in [-0.39, 0.29) is 5.97 Å². The lowest BCUT2D eigenvalue weighted by Crippen LogP contribution is -2.24. The average molecular weight is 274 g/mol. The second-order valence-electron chi connectivity index (χ2n) is 6.12. The van der Waals surface area contributed by atoms with Crippen molar-refractivity contribution >= 4 is 5.97 Å². The topological polar surface area (TPSA) is 26.3 Å². The van der Waals surface area contributed by atoms with E-state index in [1.54, 1.807) is 0 Å². The minimum Gasteiger partial charge on any atom is -0.457 e. The first kappa shape index (κ1) is 16.5. The van der Waals surface area contributed by atoms with Gasteiger partial charge in [-0.2, -0.15) is 0 Å². The van der Waals surface area contributed by atoms with Crippen LogP contribution < -0.4 is 0 Å². The molecule has 20 heavy (non-hydrogen) atoms. The van der Waals surface area contributed by atoms with Crippen LogP contribution in [-0.4, -0.2) is 11.6 Å². The smallest absolute Gasteiger partial charge is 0.333 e. The van der Waals surface area contributed by atoms with Crippen LogP contribution in [-0.2, 0) is 16.0 Å². The molecule has 0 saturated carbocycles. The Hall–Kier alpha value is -1.57. The summed E-state index contributed by atoms with van der Waals surface area (Å²) in [6, 6.07) is 10.5. The molecule has 2 nitrogen and oxygen atoms in total. The van der Waals surface area contributed by atoms with Gasteiger partial charge in [0.15, 0.2) is 0 Å².